The van der Waals surface area contributed by atoms with Gasteiger partial charge in [-0.25, -0.2) is 0 Å². The van der Waals surface area contributed by atoms with Crippen molar-refractivity contribution in [3.8, 4) is 0 Å². The molecule has 1 atom stereocenters. The maximum Gasteiger partial charge on any atom is 0.257 e. The van der Waals surface area contributed by atoms with Crippen molar-refractivity contribution in [1.29, 1.82) is 0 Å². The van der Waals surface area contributed by atoms with Crippen molar-refractivity contribution in [3.05, 3.63) is 29.2 Å². The molecular weight excluding hydrogens is 270 g/mol. The summed E-state index contributed by atoms with van der Waals surface area (Å²) < 4.78 is 5.21. The van der Waals surface area contributed by atoms with E-state index in [1.54, 1.807) is 13.1 Å². The Morgan fingerprint density at radius 3 is 3.00 bits per heavy atom. The second kappa shape index (κ2) is 5.31. The quantitative estimate of drug-likeness (QED) is 0.931. The summed E-state index contributed by atoms with van der Waals surface area (Å²) >= 11 is 0. The summed E-state index contributed by atoms with van der Waals surface area (Å²) in [7, 11) is 0. The molecule has 7 heteroatoms. The van der Waals surface area contributed by atoms with Crippen LogP contribution in [0.2, 0.25) is 0 Å². The van der Waals surface area contributed by atoms with E-state index in [2.05, 4.69) is 20.3 Å². The fourth-order valence-corrected chi connectivity index (χ4v) is 2.70. The van der Waals surface area contributed by atoms with Crippen LogP contribution in [0.5, 0.6) is 0 Å². The van der Waals surface area contributed by atoms with Crippen LogP contribution in [0.3, 0.4) is 0 Å². The molecule has 2 aromatic rings. The normalized spacial score (nSPS) is 18.7. The molecule has 1 aliphatic heterocycles. The topological polar surface area (TPSA) is 87.9 Å². The molecule has 1 amide bonds. The van der Waals surface area contributed by atoms with Gasteiger partial charge in [0.15, 0.2) is 5.82 Å². The van der Waals surface area contributed by atoms with Crippen molar-refractivity contribution < 1.29 is 9.32 Å². The molecule has 112 valence electrons. The smallest absolute Gasteiger partial charge is 0.257 e. The van der Waals surface area contributed by atoms with Crippen LogP contribution in [0.25, 0.3) is 0 Å². The third kappa shape index (κ3) is 2.55. The lowest BCUT2D eigenvalue weighted by atomic mass is 10.1. The van der Waals surface area contributed by atoms with Crippen LogP contribution in [0.4, 0.5) is 0 Å². The molecule has 1 aliphatic rings. The Morgan fingerprint density at radius 2 is 2.33 bits per heavy atom. The summed E-state index contributed by atoms with van der Waals surface area (Å²) in [6.45, 7) is 7.19. The van der Waals surface area contributed by atoms with Gasteiger partial charge in [-0.15, -0.1) is 0 Å². The summed E-state index contributed by atoms with van der Waals surface area (Å²) in [5.74, 6) is 1.64. The maximum atomic E-state index is 12.6. The summed E-state index contributed by atoms with van der Waals surface area (Å²) in [5.41, 5.74) is 1.55. The molecule has 1 N–H and O–H groups in total. The number of H-pyrrole nitrogens is 1. The number of aryl methyl sites for hydroxylation is 1. The van der Waals surface area contributed by atoms with E-state index < -0.39 is 0 Å². The minimum atomic E-state index is 0.0196. The highest BCUT2D eigenvalue weighted by Crippen LogP contribution is 2.28. The van der Waals surface area contributed by atoms with Crippen LogP contribution in [-0.2, 0) is 0 Å². The van der Waals surface area contributed by atoms with Gasteiger partial charge in [0.1, 0.15) is 0 Å². The minimum absolute atomic E-state index is 0.0196. The highest BCUT2D eigenvalue weighted by Gasteiger charge is 2.32. The molecular formula is C14H19N5O2. The van der Waals surface area contributed by atoms with E-state index >= 15 is 0 Å². The van der Waals surface area contributed by atoms with E-state index in [-0.39, 0.29) is 17.7 Å². The molecule has 0 spiro atoms. The molecule has 1 fully saturated rings. The third-order valence-electron chi connectivity index (χ3n) is 3.84. The van der Waals surface area contributed by atoms with Crippen molar-refractivity contribution in [2.45, 2.75) is 39.0 Å². The Hall–Kier alpha value is -2.18. The van der Waals surface area contributed by atoms with E-state index in [0.29, 0.717) is 30.4 Å². The van der Waals surface area contributed by atoms with E-state index in [1.165, 1.54) is 0 Å². The molecule has 2 aromatic heterocycles. The molecule has 3 rings (SSSR count). The predicted octanol–water partition coefficient (Wildman–Crippen LogP) is 1.85. The average molecular weight is 289 g/mol. The number of likely N-dealkylation sites (tertiary alicyclic amines) is 1. The van der Waals surface area contributed by atoms with Crippen molar-refractivity contribution in [1.82, 2.24) is 25.2 Å². The standard InChI is InChI=1S/C14H19N5O2/c1-8(2)12-11(6-15-17-12)14(20)19-5-4-10(7-19)13-16-9(3)18-21-13/h6,8,10H,4-5,7H2,1-3H3,(H,15,17)/t10-/m0/s1. The van der Waals surface area contributed by atoms with Gasteiger partial charge >= 0.3 is 0 Å². The largest absolute Gasteiger partial charge is 0.339 e. The molecule has 3 heterocycles. The summed E-state index contributed by atoms with van der Waals surface area (Å²) in [6, 6.07) is 0. The van der Waals surface area contributed by atoms with E-state index in [9.17, 15) is 4.79 Å². The van der Waals surface area contributed by atoms with Crippen molar-refractivity contribution in [2.24, 2.45) is 0 Å². The van der Waals surface area contributed by atoms with Crippen LogP contribution in [-0.4, -0.2) is 44.2 Å². The summed E-state index contributed by atoms with van der Waals surface area (Å²) in [4.78, 5) is 18.7. The first-order valence-corrected chi connectivity index (χ1v) is 7.19. The zero-order valence-corrected chi connectivity index (χ0v) is 12.5. The highest BCUT2D eigenvalue weighted by atomic mass is 16.5. The first-order chi connectivity index (χ1) is 10.1. The summed E-state index contributed by atoms with van der Waals surface area (Å²) in [6.07, 6.45) is 2.46. The first kappa shape index (κ1) is 13.8. The van der Waals surface area contributed by atoms with Crippen LogP contribution in [0.1, 0.15) is 59.9 Å². The van der Waals surface area contributed by atoms with E-state index in [1.807, 2.05) is 18.7 Å². The molecule has 7 nitrogen and oxygen atoms in total. The van der Waals surface area contributed by atoms with Crippen molar-refractivity contribution in [3.63, 3.8) is 0 Å². The second-order valence-corrected chi connectivity index (χ2v) is 5.77. The third-order valence-corrected chi connectivity index (χ3v) is 3.84. The number of aromatic nitrogens is 4. The van der Waals surface area contributed by atoms with Crippen LogP contribution in [0.15, 0.2) is 10.7 Å². The number of carbonyl (C=O) groups is 1. The Morgan fingerprint density at radius 1 is 1.52 bits per heavy atom. The van der Waals surface area contributed by atoms with Crippen LogP contribution >= 0.6 is 0 Å². The molecule has 21 heavy (non-hydrogen) atoms. The number of hydrogen-bond acceptors (Lipinski definition) is 5. The number of hydrogen-bond donors (Lipinski definition) is 1. The second-order valence-electron chi connectivity index (χ2n) is 5.77. The van der Waals surface area contributed by atoms with Gasteiger partial charge in [-0.2, -0.15) is 10.1 Å². The number of nitrogens with one attached hydrogen (secondary N) is 1. The van der Waals surface area contributed by atoms with Gasteiger partial charge in [0.05, 0.1) is 23.4 Å². The predicted molar refractivity (Wildman–Crippen MR) is 75.0 cm³/mol. The van der Waals surface area contributed by atoms with Gasteiger partial charge in [-0.05, 0) is 19.3 Å². The molecule has 0 aliphatic carbocycles. The molecule has 1 saturated heterocycles. The zero-order chi connectivity index (χ0) is 15.0. The first-order valence-electron chi connectivity index (χ1n) is 7.19. The minimum Gasteiger partial charge on any atom is -0.339 e. The SMILES string of the molecule is Cc1noc([C@H]2CCN(C(=O)c3cn[nH]c3C(C)C)C2)n1. The van der Waals surface area contributed by atoms with E-state index in [0.717, 1.165) is 12.1 Å². The number of carbonyl (C=O) groups excluding carboxylic acids is 1. The van der Waals surface area contributed by atoms with Crippen molar-refractivity contribution >= 4 is 5.91 Å². The van der Waals surface area contributed by atoms with Gasteiger partial charge in [0.25, 0.3) is 5.91 Å². The Balaban J connectivity index is 1.74. The molecule has 0 radical (unpaired) electrons. The van der Waals surface area contributed by atoms with Gasteiger partial charge in [-0.1, -0.05) is 19.0 Å². The average Bonchev–Trinajstić information content (AvgIpc) is 3.17. The fourth-order valence-electron chi connectivity index (χ4n) is 2.70. The lowest BCUT2D eigenvalue weighted by molar-refractivity contribution is 0.0788. The number of rotatable bonds is 3. The fraction of sp³-hybridized carbons (Fsp3) is 0.571. The Labute approximate surface area is 122 Å². The Bertz CT molecular complexity index is 645. The van der Waals surface area contributed by atoms with Crippen LogP contribution < -0.4 is 0 Å². The monoisotopic (exact) mass is 289 g/mol. The maximum absolute atomic E-state index is 12.6. The number of nitrogens with zero attached hydrogens (tertiary/aromatic N) is 4. The lowest BCUT2D eigenvalue weighted by Crippen LogP contribution is -2.29. The van der Waals surface area contributed by atoms with Gasteiger partial charge < -0.3 is 9.42 Å². The van der Waals surface area contributed by atoms with Crippen molar-refractivity contribution in [2.75, 3.05) is 13.1 Å². The molecule has 0 saturated carbocycles. The number of aromatic amines is 1. The van der Waals surface area contributed by atoms with Gasteiger partial charge in [-0.3, -0.25) is 9.89 Å². The van der Waals surface area contributed by atoms with E-state index in [4.69, 9.17) is 4.52 Å². The molecule has 0 bridgehead atoms. The van der Waals surface area contributed by atoms with Crippen LogP contribution in [0, 0.1) is 6.92 Å². The Kier molecular flexibility index (Phi) is 3.48. The lowest BCUT2D eigenvalue weighted by Gasteiger charge is -2.16. The number of amides is 1. The van der Waals surface area contributed by atoms with Gasteiger partial charge in [0.2, 0.25) is 5.89 Å². The highest BCUT2D eigenvalue weighted by molar-refractivity contribution is 5.95. The molecule has 0 unspecified atom stereocenters. The molecule has 0 aromatic carbocycles. The zero-order valence-electron chi connectivity index (χ0n) is 12.5. The summed E-state index contributed by atoms with van der Waals surface area (Å²) in [5, 5.41) is 10.7. The van der Waals surface area contributed by atoms with Gasteiger partial charge in [0, 0.05) is 13.1 Å².